The Bertz CT molecular complexity index is 987. The van der Waals surface area contributed by atoms with E-state index in [-0.39, 0.29) is 23.3 Å². The third-order valence-corrected chi connectivity index (χ3v) is 11.5. The predicted molar refractivity (Wildman–Crippen MR) is 129 cm³/mol. The van der Waals surface area contributed by atoms with Crippen molar-refractivity contribution in [1.82, 2.24) is 10.2 Å². The topological polar surface area (TPSA) is 82.0 Å². The molecule has 2 amide bonds. The predicted octanol–water partition coefficient (Wildman–Crippen LogP) is 3.82. The molecule has 2 N–H and O–H groups in total. The van der Waals surface area contributed by atoms with Crippen LogP contribution in [-0.2, 0) is 9.59 Å². The number of aliphatic imine (C=N–C) groups is 1. The Hall–Kier alpha value is -2.25. The molecule has 1 aromatic rings. The number of hydrogen-bond donors (Lipinski definition) is 2. The number of amidine groups is 1. The number of nitrogens with one attached hydrogen (secondary N) is 1. The van der Waals surface area contributed by atoms with E-state index in [1.54, 1.807) is 0 Å². The number of rotatable bonds is 5. The van der Waals surface area contributed by atoms with Crippen LogP contribution < -0.4 is 5.32 Å². The van der Waals surface area contributed by atoms with Gasteiger partial charge in [0.2, 0.25) is 11.8 Å². The van der Waals surface area contributed by atoms with Gasteiger partial charge in [0.15, 0.2) is 0 Å². The molecule has 6 nitrogen and oxygen atoms in total. The first-order valence-corrected chi connectivity index (χ1v) is 15.1. The van der Waals surface area contributed by atoms with Gasteiger partial charge in [0, 0.05) is 10.6 Å². The maximum absolute atomic E-state index is 13.3. The average Bonchev–Trinajstić information content (AvgIpc) is 3.18. The summed E-state index contributed by atoms with van der Waals surface area (Å²) in [6.45, 7) is 11.8. The zero-order chi connectivity index (χ0) is 23.3. The molecule has 0 saturated heterocycles. The molecule has 4 rings (SSSR count). The Morgan fingerprint density at radius 3 is 2.41 bits per heavy atom. The van der Waals surface area contributed by atoms with Gasteiger partial charge in [-0.1, -0.05) is 56.4 Å². The monoisotopic (exact) mass is 453 g/mol. The Kier molecular flexibility index (Phi) is 5.70. The number of hydrogen-bond acceptors (Lipinski definition) is 4. The largest absolute Gasteiger partial charge is 0.388 e. The standard InChI is InChI=1S/C25H35N3O3Si/c1-24(2)19-15-26-22(27-23(31)25(12-9-13-25)32(3,4)5)18(19)16-28(24)21(30)14-20(29)17-10-7-6-8-11-17/h6-8,10-11,20,29H,9,12-16H2,1-5H3,(H,26,27,31). The highest BCUT2D eigenvalue weighted by atomic mass is 28.3. The van der Waals surface area contributed by atoms with E-state index >= 15 is 0 Å². The van der Waals surface area contributed by atoms with Crippen molar-refractivity contribution >= 4 is 25.7 Å². The number of nitrogens with zero attached hydrogens (tertiary/aromatic N) is 2. The summed E-state index contributed by atoms with van der Waals surface area (Å²) >= 11 is 0. The second-order valence-electron chi connectivity index (χ2n) is 10.9. The Morgan fingerprint density at radius 2 is 1.84 bits per heavy atom. The molecule has 2 heterocycles. The normalized spacial score (nSPS) is 22.2. The van der Waals surface area contributed by atoms with Gasteiger partial charge in [-0.3, -0.25) is 14.6 Å². The van der Waals surface area contributed by atoms with Crippen LogP contribution in [0.4, 0.5) is 0 Å². The maximum atomic E-state index is 13.3. The number of amides is 2. The smallest absolute Gasteiger partial charge is 0.228 e. The van der Waals surface area contributed by atoms with E-state index < -0.39 is 19.7 Å². The molecule has 2 aliphatic heterocycles. The highest BCUT2D eigenvalue weighted by Crippen LogP contribution is 2.55. The van der Waals surface area contributed by atoms with Crippen LogP contribution in [0.1, 0.15) is 51.2 Å². The molecule has 7 heteroatoms. The van der Waals surface area contributed by atoms with Crippen molar-refractivity contribution in [3.8, 4) is 0 Å². The molecule has 3 aliphatic rings. The highest BCUT2D eigenvalue weighted by Gasteiger charge is 2.54. The molecule has 1 saturated carbocycles. The van der Waals surface area contributed by atoms with E-state index in [2.05, 4.69) is 30.0 Å². The molecular formula is C25H35N3O3Si. The molecule has 32 heavy (non-hydrogen) atoms. The van der Waals surface area contributed by atoms with E-state index in [4.69, 9.17) is 0 Å². The minimum Gasteiger partial charge on any atom is -0.388 e. The zero-order valence-electron chi connectivity index (χ0n) is 19.9. The summed E-state index contributed by atoms with van der Waals surface area (Å²) in [6, 6.07) is 9.28. The van der Waals surface area contributed by atoms with Crippen LogP contribution in [0.5, 0.6) is 0 Å². The lowest BCUT2D eigenvalue weighted by molar-refractivity contribution is -0.136. The quantitative estimate of drug-likeness (QED) is 0.665. The summed E-state index contributed by atoms with van der Waals surface area (Å²) in [6.07, 6.45) is 2.23. The number of aliphatic hydroxyl groups excluding tert-OH is 1. The lowest BCUT2D eigenvalue weighted by atomic mass is 9.83. The Labute approximate surface area is 191 Å². The van der Waals surface area contributed by atoms with Crippen LogP contribution in [0.2, 0.25) is 24.7 Å². The molecule has 1 aromatic carbocycles. The van der Waals surface area contributed by atoms with Crippen molar-refractivity contribution < 1.29 is 14.7 Å². The third kappa shape index (κ3) is 3.65. The van der Waals surface area contributed by atoms with E-state index in [1.807, 2.05) is 49.1 Å². The minimum atomic E-state index is -1.68. The molecule has 0 spiro atoms. The first-order chi connectivity index (χ1) is 15.0. The molecule has 1 unspecified atom stereocenters. The number of aliphatic hydroxyl groups is 1. The lowest BCUT2D eigenvalue weighted by Crippen LogP contribution is -2.55. The molecule has 1 atom stereocenters. The molecule has 0 aromatic heterocycles. The summed E-state index contributed by atoms with van der Waals surface area (Å²) in [7, 11) is -1.68. The van der Waals surface area contributed by atoms with Crippen molar-refractivity contribution in [1.29, 1.82) is 0 Å². The van der Waals surface area contributed by atoms with Gasteiger partial charge in [0.25, 0.3) is 0 Å². The lowest BCUT2D eigenvalue weighted by Gasteiger charge is -2.49. The summed E-state index contributed by atoms with van der Waals surface area (Å²) in [4.78, 5) is 33.0. The van der Waals surface area contributed by atoms with Crippen molar-refractivity contribution in [3.05, 3.63) is 47.0 Å². The van der Waals surface area contributed by atoms with Crippen LogP contribution in [0.15, 0.2) is 46.5 Å². The summed E-state index contributed by atoms with van der Waals surface area (Å²) in [5.41, 5.74) is 2.30. The Balaban J connectivity index is 1.47. The second-order valence-corrected chi connectivity index (χ2v) is 16.4. The SMILES string of the molecule is CC1(C)C2=C(CN1C(=O)CC(O)c1ccccc1)C(NC(=O)C1([Si](C)(C)C)CCC1)=NC2. The van der Waals surface area contributed by atoms with E-state index in [0.717, 1.165) is 36.0 Å². The molecule has 0 radical (unpaired) electrons. The van der Waals surface area contributed by atoms with Gasteiger partial charge >= 0.3 is 0 Å². The van der Waals surface area contributed by atoms with Gasteiger partial charge in [-0.2, -0.15) is 0 Å². The third-order valence-electron chi connectivity index (χ3n) is 7.94. The Morgan fingerprint density at radius 1 is 1.19 bits per heavy atom. The molecule has 172 valence electrons. The van der Waals surface area contributed by atoms with E-state index in [9.17, 15) is 14.7 Å². The summed E-state index contributed by atoms with van der Waals surface area (Å²) < 4.78 is 0. The summed E-state index contributed by atoms with van der Waals surface area (Å²) in [5, 5.41) is 13.5. The van der Waals surface area contributed by atoms with Crippen molar-refractivity contribution in [2.45, 2.75) is 75.9 Å². The van der Waals surface area contributed by atoms with Crippen LogP contribution in [0, 0.1) is 0 Å². The van der Waals surface area contributed by atoms with Gasteiger partial charge in [-0.05, 0) is 37.8 Å². The first kappa shape index (κ1) is 22.9. The van der Waals surface area contributed by atoms with Crippen molar-refractivity contribution in [2.75, 3.05) is 13.1 Å². The average molecular weight is 454 g/mol. The number of carbonyl (C=O) groups is 2. The fraction of sp³-hybridized carbons (Fsp3) is 0.560. The van der Waals surface area contributed by atoms with Crippen LogP contribution in [0.25, 0.3) is 0 Å². The van der Waals surface area contributed by atoms with Gasteiger partial charge in [-0.15, -0.1) is 0 Å². The van der Waals surface area contributed by atoms with Gasteiger partial charge < -0.3 is 15.3 Å². The molecule has 1 fully saturated rings. The fourth-order valence-corrected chi connectivity index (χ4v) is 8.00. The van der Waals surface area contributed by atoms with Crippen LogP contribution in [0.3, 0.4) is 0 Å². The summed E-state index contributed by atoms with van der Waals surface area (Å²) in [5.74, 6) is 0.656. The second kappa shape index (κ2) is 7.95. The molecular weight excluding hydrogens is 418 g/mol. The van der Waals surface area contributed by atoms with Gasteiger partial charge in [0.1, 0.15) is 5.84 Å². The fourth-order valence-electron chi connectivity index (χ4n) is 5.40. The van der Waals surface area contributed by atoms with Crippen molar-refractivity contribution in [3.63, 3.8) is 0 Å². The first-order valence-electron chi connectivity index (χ1n) is 11.6. The minimum absolute atomic E-state index is 0.0333. The van der Waals surface area contributed by atoms with Gasteiger partial charge in [-0.25, -0.2) is 0 Å². The number of carbonyl (C=O) groups excluding carboxylic acids is 2. The number of benzene rings is 1. The van der Waals surface area contributed by atoms with Crippen molar-refractivity contribution in [2.24, 2.45) is 4.99 Å². The van der Waals surface area contributed by atoms with Gasteiger partial charge in [0.05, 0.1) is 39.2 Å². The molecule has 0 bridgehead atoms. The van der Waals surface area contributed by atoms with Crippen LogP contribution in [-0.4, -0.2) is 54.4 Å². The van der Waals surface area contributed by atoms with Crippen LogP contribution >= 0.6 is 0 Å². The van der Waals surface area contributed by atoms with E-state index in [0.29, 0.717) is 18.9 Å². The zero-order valence-corrected chi connectivity index (χ0v) is 20.9. The maximum Gasteiger partial charge on any atom is 0.228 e. The van der Waals surface area contributed by atoms with E-state index in [1.165, 1.54) is 0 Å². The highest BCUT2D eigenvalue weighted by molar-refractivity contribution is 6.82. The molecule has 1 aliphatic carbocycles.